The monoisotopic (exact) mass is 296 g/mol. The molecule has 1 saturated carbocycles. The molecule has 2 amide bonds. The molecule has 2 atom stereocenters. The molecule has 2 aliphatic rings. The Bertz CT molecular complexity index is 365. The number of carbonyl (C=O) groups excluding carboxylic acids is 1. The molecular formula is C16H28N2O3. The summed E-state index contributed by atoms with van der Waals surface area (Å²) in [5, 5.41) is 12.0. The fraction of sp³-hybridized carbons (Fsp3) is 0.875. The predicted octanol–water partition coefficient (Wildman–Crippen LogP) is 2.71. The van der Waals surface area contributed by atoms with Crippen molar-refractivity contribution in [3.63, 3.8) is 0 Å². The maximum absolute atomic E-state index is 12.1. The van der Waals surface area contributed by atoms with Gasteiger partial charge in [0.25, 0.3) is 0 Å². The minimum absolute atomic E-state index is 0.0256. The molecule has 2 unspecified atom stereocenters. The molecule has 1 aliphatic carbocycles. The van der Waals surface area contributed by atoms with Gasteiger partial charge in [-0.1, -0.05) is 32.6 Å². The maximum Gasteiger partial charge on any atom is 0.317 e. The molecule has 1 aliphatic heterocycles. The van der Waals surface area contributed by atoms with E-state index in [2.05, 4.69) is 12.2 Å². The Labute approximate surface area is 127 Å². The first-order chi connectivity index (χ1) is 10.1. The molecule has 2 N–H and O–H groups in total. The van der Waals surface area contributed by atoms with Crippen molar-refractivity contribution in [3.05, 3.63) is 0 Å². The molecule has 2 fully saturated rings. The SMILES string of the molecule is CC1CCCCC1CCNC(=O)N1CCC(C(=O)O)CC1. The van der Waals surface area contributed by atoms with E-state index in [1.165, 1.54) is 25.7 Å². The average Bonchev–Trinajstić information content (AvgIpc) is 2.49. The van der Waals surface area contributed by atoms with Gasteiger partial charge in [-0.2, -0.15) is 0 Å². The first kappa shape index (κ1) is 16.1. The van der Waals surface area contributed by atoms with Gasteiger partial charge in [0.05, 0.1) is 5.92 Å². The molecule has 0 spiro atoms. The number of carboxylic acid groups (broad SMARTS) is 1. The van der Waals surface area contributed by atoms with Gasteiger partial charge in [-0.25, -0.2) is 4.79 Å². The van der Waals surface area contributed by atoms with Gasteiger partial charge >= 0.3 is 12.0 Å². The highest BCUT2D eigenvalue weighted by Crippen LogP contribution is 2.31. The largest absolute Gasteiger partial charge is 0.481 e. The summed E-state index contributed by atoms with van der Waals surface area (Å²) in [6.07, 6.45) is 7.50. The second kappa shape index (κ2) is 7.66. The summed E-state index contributed by atoms with van der Waals surface area (Å²) in [4.78, 5) is 24.7. The summed E-state index contributed by atoms with van der Waals surface area (Å²) in [7, 11) is 0. The van der Waals surface area contributed by atoms with Crippen LogP contribution in [0, 0.1) is 17.8 Å². The average molecular weight is 296 g/mol. The van der Waals surface area contributed by atoms with Crippen LogP contribution < -0.4 is 5.32 Å². The molecule has 21 heavy (non-hydrogen) atoms. The lowest BCUT2D eigenvalue weighted by Crippen LogP contribution is -2.46. The smallest absolute Gasteiger partial charge is 0.317 e. The van der Waals surface area contributed by atoms with Crippen LogP contribution in [0.5, 0.6) is 0 Å². The molecule has 120 valence electrons. The van der Waals surface area contributed by atoms with Crippen molar-refractivity contribution >= 4 is 12.0 Å². The van der Waals surface area contributed by atoms with E-state index in [9.17, 15) is 9.59 Å². The fourth-order valence-corrected chi connectivity index (χ4v) is 3.63. The van der Waals surface area contributed by atoms with E-state index in [-0.39, 0.29) is 11.9 Å². The summed E-state index contributed by atoms with van der Waals surface area (Å²) in [6, 6.07) is -0.0256. The summed E-state index contributed by atoms with van der Waals surface area (Å²) in [5.74, 6) is 0.511. The Morgan fingerprint density at radius 2 is 1.81 bits per heavy atom. The van der Waals surface area contributed by atoms with Gasteiger partial charge in [0.1, 0.15) is 0 Å². The van der Waals surface area contributed by atoms with Crippen LogP contribution in [0.3, 0.4) is 0 Å². The van der Waals surface area contributed by atoms with Crippen LogP contribution >= 0.6 is 0 Å². The quantitative estimate of drug-likeness (QED) is 0.838. The lowest BCUT2D eigenvalue weighted by Gasteiger charge is -2.31. The number of carboxylic acids is 1. The molecule has 0 aromatic carbocycles. The fourth-order valence-electron chi connectivity index (χ4n) is 3.63. The molecule has 2 rings (SSSR count). The van der Waals surface area contributed by atoms with Gasteiger partial charge in [-0.15, -0.1) is 0 Å². The van der Waals surface area contributed by atoms with Gasteiger partial charge in [-0.3, -0.25) is 4.79 Å². The minimum atomic E-state index is -0.735. The zero-order chi connectivity index (χ0) is 15.2. The number of rotatable bonds is 4. The lowest BCUT2D eigenvalue weighted by molar-refractivity contribution is -0.143. The number of piperidine rings is 1. The third-order valence-electron chi connectivity index (χ3n) is 5.21. The Morgan fingerprint density at radius 1 is 1.14 bits per heavy atom. The van der Waals surface area contributed by atoms with Crippen molar-refractivity contribution in [1.29, 1.82) is 0 Å². The number of nitrogens with one attached hydrogen (secondary N) is 1. The Morgan fingerprint density at radius 3 is 2.43 bits per heavy atom. The summed E-state index contributed by atoms with van der Waals surface area (Å²) in [5.41, 5.74) is 0. The maximum atomic E-state index is 12.1. The Hall–Kier alpha value is -1.26. The number of hydrogen-bond acceptors (Lipinski definition) is 2. The van der Waals surface area contributed by atoms with Crippen LogP contribution in [0.15, 0.2) is 0 Å². The zero-order valence-electron chi connectivity index (χ0n) is 13.0. The van der Waals surface area contributed by atoms with Gasteiger partial charge in [0, 0.05) is 19.6 Å². The molecule has 0 aromatic rings. The van der Waals surface area contributed by atoms with Crippen molar-refractivity contribution in [2.45, 2.75) is 51.9 Å². The number of nitrogens with zero attached hydrogens (tertiary/aromatic N) is 1. The van der Waals surface area contributed by atoms with Gasteiger partial charge < -0.3 is 15.3 Å². The highest BCUT2D eigenvalue weighted by Gasteiger charge is 2.27. The van der Waals surface area contributed by atoms with E-state index in [4.69, 9.17) is 5.11 Å². The number of aliphatic carboxylic acids is 1. The van der Waals surface area contributed by atoms with Crippen molar-refractivity contribution in [1.82, 2.24) is 10.2 Å². The predicted molar refractivity (Wildman–Crippen MR) is 81.1 cm³/mol. The van der Waals surface area contributed by atoms with E-state index in [1.54, 1.807) is 4.90 Å². The van der Waals surface area contributed by atoms with Crippen molar-refractivity contribution in [2.24, 2.45) is 17.8 Å². The second-order valence-electron chi connectivity index (χ2n) is 6.64. The van der Waals surface area contributed by atoms with Gasteiger partial charge in [0.2, 0.25) is 0 Å². The van der Waals surface area contributed by atoms with Crippen molar-refractivity contribution < 1.29 is 14.7 Å². The third kappa shape index (κ3) is 4.61. The topological polar surface area (TPSA) is 69.6 Å². The van der Waals surface area contributed by atoms with E-state index >= 15 is 0 Å². The van der Waals surface area contributed by atoms with E-state index in [1.807, 2.05) is 0 Å². The first-order valence-corrected chi connectivity index (χ1v) is 8.33. The van der Waals surface area contributed by atoms with Gasteiger partial charge in [-0.05, 0) is 31.1 Å². The van der Waals surface area contributed by atoms with Crippen LogP contribution in [0.4, 0.5) is 4.79 Å². The highest BCUT2D eigenvalue weighted by atomic mass is 16.4. The summed E-state index contributed by atoms with van der Waals surface area (Å²) >= 11 is 0. The van der Waals surface area contributed by atoms with Crippen LogP contribution in [0.1, 0.15) is 51.9 Å². The Kier molecular flexibility index (Phi) is 5.88. The Balaban J connectivity index is 1.65. The number of amides is 2. The summed E-state index contributed by atoms with van der Waals surface area (Å²) in [6.45, 7) is 4.18. The number of hydrogen-bond donors (Lipinski definition) is 2. The molecule has 0 bridgehead atoms. The molecule has 5 nitrogen and oxygen atoms in total. The van der Waals surface area contributed by atoms with Crippen molar-refractivity contribution in [2.75, 3.05) is 19.6 Å². The van der Waals surface area contributed by atoms with E-state index in [0.29, 0.717) is 25.9 Å². The molecule has 0 aromatic heterocycles. The van der Waals surface area contributed by atoms with Crippen LogP contribution in [0.25, 0.3) is 0 Å². The third-order valence-corrected chi connectivity index (χ3v) is 5.21. The van der Waals surface area contributed by atoms with Crippen LogP contribution in [-0.4, -0.2) is 41.6 Å². The second-order valence-corrected chi connectivity index (χ2v) is 6.64. The van der Waals surface area contributed by atoms with E-state index in [0.717, 1.165) is 24.8 Å². The number of urea groups is 1. The molecule has 5 heteroatoms. The van der Waals surface area contributed by atoms with Crippen molar-refractivity contribution in [3.8, 4) is 0 Å². The highest BCUT2D eigenvalue weighted by molar-refractivity contribution is 5.75. The lowest BCUT2D eigenvalue weighted by atomic mass is 9.79. The number of carbonyl (C=O) groups is 2. The molecular weight excluding hydrogens is 268 g/mol. The zero-order valence-corrected chi connectivity index (χ0v) is 13.0. The standard InChI is InChI=1S/C16H28N2O3/c1-12-4-2-3-5-13(12)6-9-17-16(21)18-10-7-14(8-11-18)15(19)20/h12-14H,2-11H2,1H3,(H,17,21)(H,19,20). The minimum Gasteiger partial charge on any atom is -0.481 e. The van der Waals surface area contributed by atoms with E-state index < -0.39 is 5.97 Å². The number of likely N-dealkylation sites (tertiary alicyclic amines) is 1. The first-order valence-electron chi connectivity index (χ1n) is 8.33. The molecule has 0 radical (unpaired) electrons. The summed E-state index contributed by atoms with van der Waals surface area (Å²) < 4.78 is 0. The molecule has 1 heterocycles. The normalized spacial score (nSPS) is 27.4. The molecule has 1 saturated heterocycles. The van der Waals surface area contributed by atoms with Crippen LogP contribution in [0.2, 0.25) is 0 Å². The van der Waals surface area contributed by atoms with Crippen LogP contribution in [-0.2, 0) is 4.79 Å². The van der Waals surface area contributed by atoms with Gasteiger partial charge in [0.15, 0.2) is 0 Å².